The maximum Gasteiger partial charge on any atom is 0.264 e. The second-order valence-electron chi connectivity index (χ2n) is 11.2. The summed E-state index contributed by atoms with van der Waals surface area (Å²) in [5.74, 6) is -0.247. The summed E-state index contributed by atoms with van der Waals surface area (Å²) in [6.45, 7) is 3.97. The van der Waals surface area contributed by atoms with Crippen LogP contribution < -0.4 is 15.8 Å². The molecule has 4 heterocycles. The molecule has 1 saturated heterocycles. The lowest BCUT2D eigenvalue weighted by Crippen LogP contribution is -2.47. The SMILES string of the molecule is O=c1c2cnn(-c3ccc(N4CCNc5ccccc54)cc3)c2ncn1CC1(O)CCN(Cc2ccc(F)cc2)CC1. The Morgan fingerprint density at radius 2 is 1.67 bits per heavy atom. The number of nitrogens with zero attached hydrogens (tertiary/aromatic N) is 6. The Labute approximate surface area is 242 Å². The molecule has 1 fully saturated rings. The van der Waals surface area contributed by atoms with E-state index >= 15 is 0 Å². The van der Waals surface area contributed by atoms with Gasteiger partial charge in [-0.2, -0.15) is 5.10 Å². The first-order valence-electron chi connectivity index (χ1n) is 14.3. The van der Waals surface area contributed by atoms with Crippen molar-refractivity contribution in [2.45, 2.75) is 31.5 Å². The quantitative estimate of drug-likeness (QED) is 0.317. The van der Waals surface area contributed by atoms with Crippen molar-refractivity contribution in [3.05, 3.63) is 107 Å². The molecule has 2 N–H and O–H groups in total. The maximum absolute atomic E-state index is 13.4. The van der Waals surface area contributed by atoms with Gasteiger partial charge in [0, 0.05) is 38.4 Å². The van der Waals surface area contributed by atoms with Gasteiger partial charge in [0.05, 0.1) is 35.4 Å². The number of rotatable bonds is 6. The Morgan fingerprint density at radius 3 is 2.45 bits per heavy atom. The average Bonchev–Trinajstić information content (AvgIpc) is 3.46. The van der Waals surface area contributed by atoms with Crippen molar-refractivity contribution >= 4 is 28.1 Å². The molecule has 0 radical (unpaired) electrons. The van der Waals surface area contributed by atoms with Gasteiger partial charge < -0.3 is 15.3 Å². The minimum Gasteiger partial charge on any atom is -0.388 e. The second kappa shape index (κ2) is 10.7. The lowest BCUT2D eigenvalue weighted by molar-refractivity contribution is -0.0364. The molecule has 10 heteroatoms. The topological polar surface area (TPSA) is 91.5 Å². The molecule has 0 bridgehead atoms. The van der Waals surface area contributed by atoms with E-state index in [9.17, 15) is 14.3 Å². The zero-order valence-corrected chi connectivity index (χ0v) is 23.2. The Bertz CT molecular complexity index is 1770. The fourth-order valence-corrected chi connectivity index (χ4v) is 6.02. The van der Waals surface area contributed by atoms with Crippen LogP contribution in [0.3, 0.4) is 0 Å². The first-order chi connectivity index (χ1) is 20.5. The number of fused-ring (bicyclic) bond motifs is 2. The normalized spacial score (nSPS) is 16.8. The van der Waals surface area contributed by atoms with E-state index in [0.29, 0.717) is 43.5 Å². The van der Waals surface area contributed by atoms with Crippen molar-refractivity contribution in [3.63, 3.8) is 0 Å². The van der Waals surface area contributed by atoms with E-state index in [-0.39, 0.29) is 17.9 Å². The van der Waals surface area contributed by atoms with Crippen LogP contribution in [0, 0.1) is 5.82 Å². The molecule has 5 aromatic rings. The van der Waals surface area contributed by atoms with Crippen LogP contribution in [0.25, 0.3) is 16.7 Å². The van der Waals surface area contributed by atoms with Gasteiger partial charge in [0.25, 0.3) is 5.56 Å². The number of halogens is 1. The average molecular weight is 566 g/mol. The van der Waals surface area contributed by atoms with E-state index < -0.39 is 5.60 Å². The molecule has 0 atom stereocenters. The monoisotopic (exact) mass is 565 g/mol. The summed E-state index contributed by atoms with van der Waals surface area (Å²) < 4.78 is 16.4. The first kappa shape index (κ1) is 26.4. The van der Waals surface area contributed by atoms with Crippen LogP contribution in [-0.4, -0.2) is 61.1 Å². The van der Waals surface area contributed by atoms with Crippen LogP contribution in [0.2, 0.25) is 0 Å². The Morgan fingerprint density at radius 1 is 0.929 bits per heavy atom. The van der Waals surface area contributed by atoms with Gasteiger partial charge in [0.15, 0.2) is 5.65 Å². The number of anilines is 3. The van der Waals surface area contributed by atoms with Crippen LogP contribution in [0.1, 0.15) is 18.4 Å². The van der Waals surface area contributed by atoms with E-state index in [1.54, 1.807) is 23.0 Å². The molecular formula is C32H32FN7O2. The highest BCUT2D eigenvalue weighted by molar-refractivity contribution is 5.79. The summed E-state index contributed by atoms with van der Waals surface area (Å²) >= 11 is 0. The van der Waals surface area contributed by atoms with Gasteiger partial charge in [-0.1, -0.05) is 24.3 Å². The van der Waals surface area contributed by atoms with Crippen LogP contribution in [-0.2, 0) is 13.1 Å². The zero-order chi connectivity index (χ0) is 28.7. The molecule has 9 nitrogen and oxygen atoms in total. The number of piperidine rings is 1. The number of hydrogen-bond acceptors (Lipinski definition) is 7. The van der Waals surface area contributed by atoms with Crippen LogP contribution >= 0.6 is 0 Å². The van der Waals surface area contributed by atoms with Crippen molar-refractivity contribution in [3.8, 4) is 5.69 Å². The summed E-state index contributed by atoms with van der Waals surface area (Å²) in [7, 11) is 0. The number of nitrogens with one attached hydrogen (secondary N) is 1. The molecule has 3 aromatic carbocycles. The number of benzene rings is 3. The number of aromatic nitrogens is 4. The third-order valence-electron chi connectivity index (χ3n) is 8.38. The lowest BCUT2D eigenvalue weighted by atomic mass is 9.91. The first-order valence-corrected chi connectivity index (χ1v) is 14.3. The lowest BCUT2D eigenvalue weighted by Gasteiger charge is -2.38. The molecule has 2 aliphatic rings. The third-order valence-corrected chi connectivity index (χ3v) is 8.38. The maximum atomic E-state index is 13.4. The number of hydrogen-bond donors (Lipinski definition) is 2. The number of likely N-dealkylation sites (tertiary alicyclic amines) is 1. The molecular weight excluding hydrogens is 533 g/mol. The van der Waals surface area contributed by atoms with Gasteiger partial charge in [-0.25, -0.2) is 14.1 Å². The van der Waals surface area contributed by atoms with E-state index in [1.807, 2.05) is 24.3 Å². The van der Waals surface area contributed by atoms with Crippen molar-refractivity contribution in [1.29, 1.82) is 0 Å². The van der Waals surface area contributed by atoms with E-state index in [1.165, 1.54) is 23.0 Å². The fourth-order valence-electron chi connectivity index (χ4n) is 6.02. The predicted molar refractivity (Wildman–Crippen MR) is 161 cm³/mol. The summed E-state index contributed by atoms with van der Waals surface area (Å²) in [5, 5.41) is 19.7. The number of para-hydroxylation sites is 2. The smallest absolute Gasteiger partial charge is 0.264 e. The van der Waals surface area contributed by atoms with Crippen molar-refractivity contribution in [2.24, 2.45) is 0 Å². The molecule has 214 valence electrons. The number of aliphatic hydroxyl groups is 1. The van der Waals surface area contributed by atoms with E-state index in [4.69, 9.17) is 0 Å². The molecule has 42 heavy (non-hydrogen) atoms. The highest BCUT2D eigenvalue weighted by atomic mass is 19.1. The Kier molecular flexibility index (Phi) is 6.72. The third kappa shape index (κ3) is 5.03. The zero-order valence-electron chi connectivity index (χ0n) is 23.2. The highest BCUT2D eigenvalue weighted by Gasteiger charge is 2.33. The van der Waals surface area contributed by atoms with Crippen molar-refractivity contribution in [2.75, 3.05) is 36.4 Å². The summed E-state index contributed by atoms with van der Waals surface area (Å²) in [6, 6.07) is 22.9. The molecule has 2 aromatic heterocycles. The minimum absolute atomic E-state index is 0.172. The predicted octanol–water partition coefficient (Wildman–Crippen LogP) is 4.31. The highest BCUT2D eigenvalue weighted by Crippen LogP contribution is 2.34. The van der Waals surface area contributed by atoms with Gasteiger partial charge in [-0.15, -0.1) is 0 Å². The largest absolute Gasteiger partial charge is 0.388 e. The summed E-state index contributed by atoms with van der Waals surface area (Å²) in [5.41, 5.74) is 4.45. The minimum atomic E-state index is -1.01. The molecule has 0 saturated carbocycles. The van der Waals surface area contributed by atoms with Crippen molar-refractivity contribution < 1.29 is 9.50 Å². The van der Waals surface area contributed by atoms with E-state index in [0.717, 1.165) is 41.4 Å². The second-order valence-corrected chi connectivity index (χ2v) is 11.2. The molecule has 0 spiro atoms. The fraction of sp³-hybridized carbons (Fsp3) is 0.281. The molecule has 0 amide bonds. The molecule has 0 aliphatic carbocycles. The van der Waals surface area contributed by atoms with Gasteiger partial charge in [0.2, 0.25) is 0 Å². The summed E-state index contributed by atoms with van der Waals surface area (Å²) in [6.07, 6.45) is 4.12. The van der Waals surface area contributed by atoms with Crippen LogP contribution in [0.5, 0.6) is 0 Å². The Hall–Kier alpha value is -4.54. The van der Waals surface area contributed by atoms with Crippen LogP contribution in [0.15, 0.2) is 90.1 Å². The van der Waals surface area contributed by atoms with Gasteiger partial charge in [-0.3, -0.25) is 14.3 Å². The molecule has 7 rings (SSSR count). The van der Waals surface area contributed by atoms with E-state index in [2.05, 4.69) is 49.5 Å². The summed E-state index contributed by atoms with van der Waals surface area (Å²) in [4.78, 5) is 22.5. The standard InChI is InChI=1S/C32H32FN7O2/c33-24-7-5-23(6-8-24)20-37-16-13-32(42,14-17-37)21-38-22-35-30-27(31(38)41)19-36-40(30)26-11-9-25(10-12-26)39-18-15-34-28-3-1-2-4-29(28)39/h1-12,19,22,34,42H,13-18,20-21H2. The molecule has 2 aliphatic heterocycles. The van der Waals surface area contributed by atoms with Gasteiger partial charge in [0.1, 0.15) is 17.5 Å². The van der Waals surface area contributed by atoms with Crippen LogP contribution in [0.4, 0.5) is 21.5 Å². The van der Waals surface area contributed by atoms with Gasteiger partial charge >= 0.3 is 0 Å². The Balaban J connectivity index is 1.06. The molecule has 0 unspecified atom stereocenters. The van der Waals surface area contributed by atoms with Gasteiger partial charge in [-0.05, 0) is 66.9 Å². The van der Waals surface area contributed by atoms with Crippen molar-refractivity contribution in [1.82, 2.24) is 24.2 Å².